The molecule has 0 bridgehead atoms. The van der Waals surface area contributed by atoms with Crippen molar-refractivity contribution in [3.63, 3.8) is 0 Å². The minimum absolute atomic E-state index is 0.206. The second-order valence-corrected chi connectivity index (χ2v) is 6.23. The predicted octanol–water partition coefficient (Wildman–Crippen LogP) is 3.98. The summed E-state index contributed by atoms with van der Waals surface area (Å²) < 4.78 is 11.7. The van der Waals surface area contributed by atoms with Crippen LogP contribution in [0.2, 0.25) is 10.0 Å². The third-order valence-corrected chi connectivity index (χ3v) is 4.88. The molecule has 7 heteroatoms. The van der Waals surface area contributed by atoms with Crippen LogP contribution in [-0.4, -0.2) is 30.7 Å². The monoisotopic (exact) mass is 367 g/mol. The van der Waals surface area contributed by atoms with Crippen LogP contribution in [0.5, 0.6) is 0 Å². The van der Waals surface area contributed by atoms with Crippen molar-refractivity contribution in [3.8, 4) is 11.3 Å². The second kappa shape index (κ2) is 6.49. The van der Waals surface area contributed by atoms with Crippen molar-refractivity contribution in [1.82, 2.24) is 4.57 Å². The number of fused-ring (bicyclic) bond motifs is 1. The molecule has 0 amide bonds. The number of nitrogens with zero attached hydrogens (tertiary/aromatic N) is 1. The number of hydrogen-bond acceptors (Lipinski definition) is 4. The van der Waals surface area contributed by atoms with E-state index in [0.29, 0.717) is 34.3 Å². The van der Waals surface area contributed by atoms with Gasteiger partial charge in [0.25, 0.3) is 0 Å². The lowest BCUT2D eigenvalue weighted by molar-refractivity contribution is 0.0556. The van der Waals surface area contributed by atoms with Gasteiger partial charge in [-0.15, -0.1) is 0 Å². The maximum absolute atomic E-state index is 12.4. The SMILES string of the molecule is COC(=O)c1c(C(=O)OC)c(-c2ccc(Cl)c(Cl)c2)n2c1CCC2. The molecular formula is C17H15Cl2NO4. The predicted molar refractivity (Wildman–Crippen MR) is 90.9 cm³/mol. The van der Waals surface area contributed by atoms with E-state index in [9.17, 15) is 9.59 Å². The van der Waals surface area contributed by atoms with E-state index in [2.05, 4.69) is 0 Å². The summed E-state index contributed by atoms with van der Waals surface area (Å²) in [5, 5.41) is 0.791. The van der Waals surface area contributed by atoms with Crippen LogP contribution in [0.1, 0.15) is 32.8 Å². The molecule has 0 atom stereocenters. The average Bonchev–Trinajstić information content (AvgIpc) is 3.16. The molecule has 2 aromatic rings. The molecule has 3 rings (SSSR count). The molecule has 5 nitrogen and oxygen atoms in total. The molecule has 0 saturated carbocycles. The van der Waals surface area contributed by atoms with Crippen LogP contribution in [0.15, 0.2) is 18.2 Å². The normalized spacial score (nSPS) is 12.8. The smallest absolute Gasteiger partial charge is 0.340 e. The first-order valence-corrected chi connectivity index (χ1v) is 8.12. The van der Waals surface area contributed by atoms with Crippen molar-refractivity contribution in [1.29, 1.82) is 0 Å². The summed E-state index contributed by atoms with van der Waals surface area (Å²) in [6.45, 7) is 0.700. The van der Waals surface area contributed by atoms with Crippen molar-refractivity contribution < 1.29 is 19.1 Å². The third kappa shape index (κ3) is 2.58. The molecule has 24 heavy (non-hydrogen) atoms. The summed E-state index contributed by atoms with van der Waals surface area (Å²) in [5.41, 5.74) is 2.56. The Kier molecular flexibility index (Phi) is 4.56. The Morgan fingerprint density at radius 2 is 1.71 bits per heavy atom. The number of halogens is 2. The first kappa shape index (κ1) is 16.9. The number of ether oxygens (including phenoxy) is 2. The van der Waals surface area contributed by atoms with Gasteiger partial charge in [-0.3, -0.25) is 0 Å². The van der Waals surface area contributed by atoms with Gasteiger partial charge < -0.3 is 14.0 Å². The van der Waals surface area contributed by atoms with Crippen LogP contribution in [0, 0.1) is 0 Å². The van der Waals surface area contributed by atoms with Gasteiger partial charge in [0.15, 0.2) is 0 Å². The zero-order valence-electron chi connectivity index (χ0n) is 13.2. The highest BCUT2D eigenvalue weighted by Crippen LogP contribution is 2.38. The maximum Gasteiger partial charge on any atom is 0.340 e. The van der Waals surface area contributed by atoms with Crippen LogP contribution < -0.4 is 0 Å². The van der Waals surface area contributed by atoms with Crippen molar-refractivity contribution in [3.05, 3.63) is 45.1 Å². The number of carbonyl (C=O) groups excluding carboxylic acids is 2. The molecule has 0 N–H and O–H groups in total. The van der Waals surface area contributed by atoms with E-state index < -0.39 is 11.9 Å². The van der Waals surface area contributed by atoms with Crippen LogP contribution in [0.4, 0.5) is 0 Å². The minimum atomic E-state index is -0.585. The molecule has 2 heterocycles. The Morgan fingerprint density at radius 3 is 2.33 bits per heavy atom. The highest BCUT2D eigenvalue weighted by atomic mass is 35.5. The maximum atomic E-state index is 12.4. The molecule has 1 aromatic heterocycles. The zero-order chi connectivity index (χ0) is 17.4. The first-order valence-electron chi connectivity index (χ1n) is 7.37. The summed E-state index contributed by atoms with van der Waals surface area (Å²) in [6, 6.07) is 5.11. The van der Waals surface area contributed by atoms with Gasteiger partial charge in [-0.25, -0.2) is 9.59 Å². The fourth-order valence-corrected chi connectivity index (χ4v) is 3.44. The van der Waals surface area contributed by atoms with Crippen molar-refractivity contribution in [2.75, 3.05) is 14.2 Å². The van der Waals surface area contributed by atoms with Gasteiger partial charge in [0.2, 0.25) is 0 Å². The molecule has 1 aliphatic rings. The number of esters is 2. The van der Waals surface area contributed by atoms with Crippen molar-refractivity contribution in [2.24, 2.45) is 0 Å². The van der Waals surface area contributed by atoms with Crippen LogP contribution in [0.25, 0.3) is 11.3 Å². The van der Waals surface area contributed by atoms with Crippen molar-refractivity contribution >= 4 is 35.1 Å². The van der Waals surface area contributed by atoms with E-state index in [0.717, 1.165) is 12.1 Å². The Balaban J connectivity index is 2.34. The topological polar surface area (TPSA) is 57.5 Å². The zero-order valence-corrected chi connectivity index (χ0v) is 14.7. The lowest BCUT2D eigenvalue weighted by Crippen LogP contribution is -2.12. The highest BCUT2D eigenvalue weighted by Gasteiger charge is 2.34. The summed E-state index contributed by atoms with van der Waals surface area (Å²) in [6.07, 6.45) is 1.57. The van der Waals surface area contributed by atoms with E-state index >= 15 is 0 Å². The molecule has 126 valence electrons. The van der Waals surface area contributed by atoms with Gasteiger partial charge in [-0.2, -0.15) is 0 Å². The molecule has 0 saturated heterocycles. The first-order chi connectivity index (χ1) is 11.5. The van der Waals surface area contributed by atoms with Crippen LogP contribution >= 0.6 is 23.2 Å². The molecule has 1 aromatic carbocycles. The largest absolute Gasteiger partial charge is 0.465 e. The van der Waals surface area contributed by atoms with Gasteiger partial charge in [0, 0.05) is 17.8 Å². The second-order valence-electron chi connectivity index (χ2n) is 5.41. The highest BCUT2D eigenvalue weighted by molar-refractivity contribution is 6.42. The molecule has 0 radical (unpaired) electrons. The van der Waals surface area contributed by atoms with Crippen LogP contribution in [0.3, 0.4) is 0 Å². The number of rotatable bonds is 3. The third-order valence-electron chi connectivity index (χ3n) is 4.14. The van der Waals surface area contributed by atoms with E-state index in [1.165, 1.54) is 14.2 Å². The fraction of sp³-hybridized carbons (Fsp3) is 0.294. The Labute approximate surface area is 149 Å². The molecule has 0 spiro atoms. The standard InChI is InChI=1S/C17H15Cl2NO4/c1-23-16(21)13-12-4-3-7-20(12)15(14(13)17(22)24-2)9-5-6-10(18)11(19)8-9/h5-6,8H,3-4,7H2,1-2H3. The van der Waals surface area contributed by atoms with Crippen LogP contribution in [-0.2, 0) is 22.4 Å². The number of aromatic nitrogens is 1. The Hall–Kier alpha value is -1.98. The summed E-state index contributed by atoms with van der Waals surface area (Å²) >= 11 is 12.1. The van der Waals surface area contributed by atoms with Crippen molar-refractivity contribution in [2.45, 2.75) is 19.4 Å². The Bertz CT molecular complexity index is 842. The minimum Gasteiger partial charge on any atom is -0.465 e. The number of hydrogen-bond donors (Lipinski definition) is 0. The van der Waals surface area contributed by atoms with Gasteiger partial charge in [0.05, 0.1) is 35.5 Å². The molecular weight excluding hydrogens is 353 g/mol. The number of carbonyl (C=O) groups is 2. The Morgan fingerprint density at radius 1 is 1.04 bits per heavy atom. The number of benzene rings is 1. The quantitative estimate of drug-likeness (QED) is 0.769. The van der Waals surface area contributed by atoms with Gasteiger partial charge >= 0.3 is 11.9 Å². The fourth-order valence-electron chi connectivity index (χ4n) is 3.15. The molecule has 1 aliphatic heterocycles. The van der Waals surface area contributed by atoms with Gasteiger partial charge in [0.1, 0.15) is 5.56 Å². The molecule has 0 fully saturated rings. The summed E-state index contributed by atoms with van der Waals surface area (Å²) in [4.78, 5) is 24.7. The molecule has 0 unspecified atom stereocenters. The summed E-state index contributed by atoms with van der Waals surface area (Å²) in [7, 11) is 2.58. The lowest BCUT2D eigenvalue weighted by Gasteiger charge is -2.10. The van der Waals surface area contributed by atoms with E-state index in [1.54, 1.807) is 18.2 Å². The molecule has 0 aliphatic carbocycles. The summed E-state index contributed by atoms with van der Waals surface area (Å²) in [5.74, 6) is -1.13. The van der Waals surface area contributed by atoms with E-state index in [1.807, 2.05) is 4.57 Å². The van der Waals surface area contributed by atoms with E-state index in [4.69, 9.17) is 32.7 Å². The van der Waals surface area contributed by atoms with Gasteiger partial charge in [-0.05, 0) is 25.0 Å². The average molecular weight is 368 g/mol. The van der Waals surface area contributed by atoms with Gasteiger partial charge in [-0.1, -0.05) is 29.3 Å². The lowest BCUT2D eigenvalue weighted by atomic mass is 10.0. The number of methoxy groups -OCH3 is 2. The van der Waals surface area contributed by atoms with E-state index in [-0.39, 0.29) is 11.1 Å².